The lowest BCUT2D eigenvalue weighted by molar-refractivity contribution is -0.136. The van der Waals surface area contributed by atoms with Gasteiger partial charge >= 0.3 is 6.18 Å². The van der Waals surface area contributed by atoms with Crippen molar-refractivity contribution in [1.29, 1.82) is 0 Å². The van der Waals surface area contributed by atoms with E-state index >= 15 is 0 Å². The van der Waals surface area contributed by atoms with Crippen molar-refractivity contribution >= 4 is 20.7 Å². The van der Waals surface area contributed by atoms with Crippen molar-refractivity contribution in [2.75, 3.05) is 5.75 Å². The predicted octanol–water partition coefficient (Wildman–Crippen LogP) is 6.66. The highest BCUT2D eigenvalue weighted by Gasteiger charge is 2.33. The van der Waals surface area contributed by atoms with Gasteiger partial charge in [-0.2, -0.15) is 13.2 Å². The van der Waals surface area contributed by atoms with Crippen LogP contribution >= 0.6 is 0 Å². The average molecular weight is 477 g/mol. The summed E-state index contributed by atoms with van der Waals surface area (Å²) in [5.74, 6) is -2.51. The molecule has 4 aromatic rings. The number of sulfone groups is 1. The summed E-state index contributed by atoms with van der Waals surface area (Å²) < 4.78 is 93.4. The SMILES string of the molecule is CCS(=O)(=O)c1cc(-c2cccc(-c3ccnc4c(C(F)(F)F)cccc34)c2)c(F)cc1F. The Morgan fingerprint density at radius 2 is 1.52 bits per heavy atom. The minimum absolute atomic E-state index is 0.139. The summed E-state index contributed by atoms with van der Waals surface area (Å²) in [4.78, 5) is 3.28. The van der Waals surface area contributed by atoms with E-state index in [2.05, 4.69) is 4.98 Å². The standard InChI is InChI=1S/C24H16F5NO2S/c1-2-33(31,32)22-12-18(20(25)13-21(22)26)15-6-3-5-14(11-15)16-9-10-30-23-17(16)7-4-8-19(23)24(27,28)29/h3-13H,2H2,1H3. The lowest BCUT2D eigenvalue weighted by atomic mass is 9.95. The molecule has 0 radical (unpaired) electrons. The normalized spacial score (nSPS) is 12.3. The monoisotopic (exact) mass is 477 g/mol. The number of hydrogen-bond acceptors (Lipinski definition) is 3. The molecule has 0 unspecified atom stereocenters. The Morgan fingerprint density at radius 3 is 2.18 bits per heavy atom. The number of halogens is 5. The first-order valence-corrected chi connectivity index (χ1v) is 11.5. The maximum atomic E-state index is 14.6. The number of hydrogen-bond donors (Lipinski definition) is 0. The summed E-state index contributed by atoms with van der Waals surface area (Å²) in [5.41, 5.74) is -0.108. The molecule has 0 saturated carbocycles. The van der Waals surface area contributed by atoms with Crippen molar-refractivity contribution in [3.63, 3.8) is 0 Å². The molecule has 1 aromatic heterocycles. The first kappa shape index (κ1) is 22.8. The van der Waals surface area contributed by atoms with Crippen LogP contribution in [0.2, 0.25) is 0 Å². The summed E-state index contributed by atoms with van der Waals surface area (Å²) in [7, 11) is -3.94. The number of para-hydroxylation sites is 1. The van der Waals surface area contributed by atoms with Crippen LogP contribution in [0.1, 0.15) is 12.5 Å². The maximum Gasteiger partial charge on any atom is 0.418 e. The minimum atomic E-state index is -4.59. The van der Waals surface area contributed by atoms with Gasteiger partial charge in [-0.1, -0.05) is 37.3 Å². The highest BCUT2D eigenvalue weighted by Crippen LogP contribution is 2.38. The smallest absolute Gasteiger partial charge is 0.256 e. The van der Waals surface area contributed by atoms with Crippen molar-refractivity contribution < 1.29 is 30.4 Å². The van der Waals surface area contributed by atoms with Crippen LogP contribution in [-0.2, 0) is 16.0 Å². The molecule has 4 rings (SSSR count). The summed E-state index contributed by atoms with van der Waals surface area (Å²) in [5, 5.41) is 0.248. The van der Waals surface area contributed by atoms with Crippen molar-refractivity contribution in [2.24, 2.45) is 0 Å². The molecule has 0 aliphatic carbocycles. The summed E-state index contributed by atoms with van der Waals surface area (Å²) in [6.45, 7) is 1.35. The molecule has 0 spiro atoms. The minimum Gasteiger partial charge on any atom is -0.256 e. The number of rotatable bonds is 4. The van der Waals surface area contributed by atoms with Crippen molar-refractivity contribution in [2.45, 2.75) is 18.0 Å². The quantitative estimate of drug-likeness (QED) is 0.244. The van der Waals surface area contributed by atoms with Crippen molar-refractivity contribution in [3.8, 4) is 22.3 Å². The molecular weight excluding hydrogens is 461 g/mol. The number of fused-ring (bicyclic) bond motifs is 1. The lowest BCUT2D eigenvalue weighted by Crippen LogP contribution is -2.07. The molecule has 0 atom stereocenters. The van der Waals surface area contributed by atoms with Crippen LogP contribution in [0, 0.1) is 11.6 Å². The Labute approximate surface area is 186 Å². The molecule has 3 aromatic carbocycles. The van der Waals surface area contributed by atoms with E-state index in [1.54, 1.807) is 12.1 Å². The molecule has 3 nitrogen and oxygen atoms in total. The van der Waals surface area contributed by atoms with E-state index in [1.807, 2.05) is 0 Å². The number of aromatic nitrogens is 1. The summed E-state index contributed by atoms with van der Waals surface area (Å²) >= 11 is 0. The molecule has 9 heteroatoms. The third-order valence-corrected chi connectivity index (χ3v) is 7.04. The molecule has 0 aliphatic heterocycles. The zero-order valence-corrected chi connectivity index (χ0v) is 17.9. The Kier molecular flexibility index (Phi) is 5.69. The third-order valence-electron chi connectivity index (χ3n) is 5.30. The van der Waals surface area contributed by atoms with Gasteiger partial charge in [0.05, 0.1) is 16.8 Å². The van der Waals surface area contributed by atoms with Gasteiger partial charge in [-0.3, -0.25) is 4.98 Å². The van der Waals surface area contributed by atoms with E-state index in [-0.39, 0.29) is 27.8 Å². The Bertz CT molecular complexity index is 1480. The fourth-order valence-electron chi connectivity index (χ4n) is 3.65. The second-order valence-corrected chi connectivity index (χ2v) is 9.55. The first-order chi connectivity index (χ1) is 15.5. The summed E-state index contributed by atoms with van der Waals surface area (Å²) in [6.07, 6.45) is -3.34. The molecule has 0 fully saturated rings. The molecule has 170 valence electrons. The third kappa shape index (κ3) is 4.20. The van der Waals surface area contributed by atoms with E-state index in [0.29, 0.717) is 17.2 Å². The molecule has 0 amide bonds. The molecule has 0 N–H and O–H groups in total. The molecule has 1 heterocycles. The van der Waals surface area contributed by atoms with Gasteiger partial charge in [-0.15, -0.1) is 0 Å². The molecular formula is C24H16F5NO2S. The first-order valence-electron chi connectivity index (χ1n) is 9.80. The predicted molar refractivity (Wildman–Crippen MR) is 115 cm³/mol. The van der Waals surface area contributed by atoms with Crippen molar-refractivity contribution in [1.82, 2.24) is 4.98 Å². The highest BCUT2D eigenvalue weighted by atomic mass is 32.2. The number of benzene rings is 3. The Balaban J connectivity index is 1.91. The van der Waals surface area contributed by atoms with Gasteiger partial charge in [0.15, 0.2) is 9.84 Å². The molecule has 0 bridgehead atoms. The highest BCUT2D eigenvalue weighted by molar-refractivity contribution is 7.91. The van der Waals surface area contributed by atoms with Gasteiger partial charge in [0.2, 0.25) is 0 Å². The number of alkyl halides is 3. The van der Waals surface area contributed by atoms with E-state index < -0.39 is 38.1 Å². The van der Waals surface area contributed by atoms with Crippen LogP contribution < -0.4 is 0 Å². The second-order valence-electron chi connectivity index (χ2n) is 7.30. The van der Waals surface area contributed by atoms with Crippen LogP contribution in [-0.4, -0.2) is 19.2 Å². The fraction of sp³-hybridized carbons (Fsp3) is 0.125. The van der Waals surface area contributed by atoms with Gasteiger partial charge in [-0.25, -0.2) is 17.2 Å². The lowest BCUT2D eigenvalue weighted by Gasteiger charge is -2.13. The van der Waals surface area contributed by atoms with E-state index in [0.717, 1.165) is 12.1 Å². The Morgan fingerprint density at radius 1 is 0.848 bits per heavy atom. The molecule has 33 heavy (non-hydrogen) atoms. The van der Waals surface area contributed by atoms with Gasteiger partial charge in [0.25, 0.3) is 0 Å². The zero-order valence-electron chi connectivity index (χ0n) is 17.1. The summed E-state index contributed by atoms with van der Waals surface area (Å²) in [6, 6.07) is 12.9. The zero-order chi connectivity index (χ0) is 24.0. The topological polar surface area (TPSA) is 47.0 Å². The number of pyridine rings is 1. The second kappa shape index (κ2) is 8.22. The van der Waals surface area contributed by atoms with Crippen LogP contribution in [0.25, 0.3) is 33.2 Å². The van der Waals surface area contributed by atoms with Gasteiger partial charge in [-0.05, 0) is 41.0 Å². The van der Waals surface area contributed by atoms with Gasteiger partial charge in [0.1, 0.15) is 16.5 Å². The van der Waals surface area contributed by atoms with Gasteiger partial charge in [0, 0.05) is 23.2 Å². The van der Waals surface area contributed by atoms with Crippen molar-refractivity contribution in [3.05, 3.63) is 84.1 Å². The van der Waals surface area contributed by atoms with Crippen LogP contribution in [0.5, 0.6) is 0 Å². The van der Waals surface area contributed by atoms with E-state index in [9.17, 15) is 30.4 Å². The van der Waals surface area contributed by atoms with Crippen LogP contribution in [0.15, 0.2) is 71.8 Å². The molecule has 0 aliphatic rings. The van der Waals surface area contributed by atoms with Crippen LogP contribution in [0.4, 0.5) is 22.0 Å². The molecule has 0 saturated heterocycles. The largest absolute Gasteiger partial charge is 0.418 e. The van der Waals surface area contributed by atoms with E-state index in [4.69, 9.17) is 0 Å². The van der Waals surface area contributed by atoms with Gasteiger partial charge < -0.3 is 0 Å². The van der Waals surface area contributed by atoms with Crippen LogP contribution in [0.3, 0.4) is 0 Å². The number of nitrogens with zero attached hydrogens (tertiary/aromatic N) is 1. The van der Waals surface area contributed by atoms with E-state index in [1.165, 1.54) is 43.5 Å². The Hall–Kier alpha value is -3.33. The fourth-order valence-corrected chi connectivity index (χ4v) is 4.62. The average Bonchev–Trinajstić information content (AvgIpc) is 2.77. The maximum absolute atomic E-state index is 14.6.